The van der Waals surface area contributed by atoms with Gasteiger partial charge in [-0.25, -0.2) is 4.39 Å². The van der Waals surface area contributed by atoms with Crippen molar-refractivity contribution in [3.63, 3.8) is 0 Å². The lowest BCUT2D eigenvalue weighted by Crippen LogP contribution is -2.19. The molecule has 0 unspecified atom stereocenters. The number of hydrogen-bond acceptors (Lipinski definition) is 3. The van der Waals surface area contributed by atoms with Crippen LogP contribution in [0.2, 0.25) is 5.02 Å². The Balaban J connectivity index is 2.24. The van der Waals surface area contributed by atoms with Crippen LogP contribution < -0.4 is 16.4 Å². The second kappa shape index (κ2) is 7.71. The van der Waals surface area contributed by atoms with Gasteiger partial charge in [-0.1, -0.05) is 23.7 Å². The van der Waals surface area contributed by atoms with Gasteiger partial charge in [0.2, 0.25) is 5.91 Å². The van der Waals surface area contributed by atoms with E-state index in [0.29, 0.717) is 16.4 Å². The van der Waals surface area contributed by atoms with Gasteiger partial charge in [-0.3, -0.25) is 9.59 Å². The fourth-order valence-corrected chi connectivity index (χ4v) is 2.08. The molecule has 0 aliphatic carbocycles. The zero-order valence-electron chi connectivity index (χ0n) is 12.1. The first kappa shape index (κ1) is 16.9. The molecule has 0 aromatic heterocycles. The highest BCUT2D eigenvalue weighted by atomic mass is 35.5. The molecule has 4 N–H and O–H groups in total. The van der Waals surface area contributed by atoms with Crippen molar-refractivity contribution in [2.45, 2.75) is 6.42 Å². The number of amides is 2. The zero-order valence-corrected chi connectivity index (χ0v) is 12.9. The Morgan fingerprint density at radius 3 is 2.52 bits per heavy atom. The molecule has 5 nitrogen and oxygen atoms in total. The lowest BCUT2D eigenvalue weighted by atomic mass is 10.2. The van der Waals surface area contributed by atoms with E-state index in [1.54, 1.807) is 12.1 Å². The molecule has 0 fully saturated rings. The molecule has 2 aromatic rings. The normalized spacial score (nSPS) is 10.2. The number of hydrogen-bond donors (Lipinski definition) is 3. The maximum absolute atomic E-state index is 13.7. The maximum atomic E-state index is 13.7. The number of nitrogens with one attached hydrogen (secondary N) is 2. The van der Waals surface area contributed by atoms with Crippen LogP contribution in [-0.4, -0.2) is 18.4 Å². The molecule has 0 saturated carbocycles. The molecule has 0 radical (unpaired) electrons. The second-order valence-electron chi connectivity index (χ2n) is 4.71. The third-order valence-electron chi connectivity index (χ3n) is 2.99. The molecular weight excluding hydrogens is 321 g/mol. The Morgan fingerprint density at radius 1 is 1.09 bits per heavy atom. The molecule has 2 aromatic carbocycles. The number of nitrogens with two attached hydrogens (primary N) is 1. The molecule has 2 rings (SSSR count). The van der Waals surface area contributed by atoms with Crippen LogP contribution >= 0.6 is 11.6 Å². The number of anilines is 2. The smallest absolute Gasteiger partial charge is 0.258 e. The van der Waals surface area contributed by atoms with Crippen LogP contribution in [0.3, 0.4) is 0 Å². The zero-order chi connectivity index (χ0) is 16.8. The molecule has 0 heterocycles. The molecule has 7 heteroatoms. The van der Waals surface area contributed by atoms with Gasteiger partial charge >= 0.3 is 0 Å². The summed E-state index contributed by atoms with van der Waals surface area (Å²) in [5.41, 5.74) is 5.86. The third-order valence-corrected chi connectivity index (χ3v) is 3.23. The highest BCUT2D eigenvalue weighted by Gasteiger charge is 2.14. The van der Waals surface area contributed by atoms with Gasteiger partial charge in [0, 0.05) is 18.0 Å². The minimum absolute atomic E-state index is 0.0957. The second-order valence-corrected chi connectivity index (χ2v) is 5.15. The molecular formula is C16H15ClFN3O2. The molecule has 0 atom stereocenters. The summed E-state index contributed by atoms with van der Waals surface area (Å²) in [6, 6.07) is 10.2. The molecule has 0 aliphatic heterocycles. The minimum Gasteiger partial charge on any atom is -0.330 e. The number of halogens is 2. The fourth-order valence-electron chi connectivity index (χ4n) is 1.91. The van der Waals surface area contributed by atoms with E-state index in [9.17, 15) is 14.0 Å². The summed E-state index contributed by atoms with van der Waals surface area (Å²) in [6.45, 7) is 0.198. The summed E-state index contributed by atoms with van der Waals surface area (Å²) in [5, 5.41) is 5.56. The van der Waals surface area contributed by atoms with E-state index in [4.69, 9.17) is 17.3 Å². The topological polar surface area (TPSA) is 84.2 Å². The first-order valence-corrected chi connectivity index (χ1v) is 7.24. The minimum atomic E-state index is -0.632. The molecule has 2 amide bonds. The van der Waals surface area contributed by atoms with Gasteiger partial charge in [-0.15, -0.1) is 0 Å². The summed E-state index contributed by atoms with van der Waals surface area (Å²) >= 11 is 5.91. The summed E-state index contributed by atoms with van der Waals surface area (Å²) in [6.07, 6.45) is 0.132. The van der Waals surface area contributed by atoms with Gasteiger partial charge in [0.1, 0.15) is 5.82 Å². The fraction of sp³-hybridized carbons (Fsp3) is 0.125. The molecule has 0 bridgehead atoms. The van der Waals surface area contributed by atoms with E-state index in [0.717, 1.165) is 0 Å². The average Bonchev–Trinajstić information content (AvgIpc) is 2.50. The van der Waals surface area contributed by atoms with Crippen LogP contribution in [0.25, 0.3) is 0 Å². The average molecular weight is 336 g/mol. The van der Waals surface area contributed by atoms with E-state index in [-0.39, 0.29) is 24.4 Å². The number of benzene rings is 2. The molecule has 0 aliphatic rings. The summed E-state index contributed by atoms with van der Waals surface area (Å²) in [4.78, 5) is 23.8. The van der Waals surface area contributed by atoms with Crippen molar-refractivity contribution in [2.24, 2.45) is 5.73 Å². The Labute approximate surface area is 137 Å². The largest absolute Gasteiger partial charge is 0.330 e. The van der Waals surface area contributed by atoms with Crippen LogP contribution in [0.1, 0.15) is 16.8 Å². The Hall–Kier alpha value is -2.44. The van der Waals surface area contributed by atoms with E-state index in [1.165, 1.54) is 30.3 Å². The number of carbonyl (C=O) groups excluding carboxylic acids is 2. The lowest BCUT2D eigenvalue weighted by molar-refractivity contribution is -0.116. The van der Waals surface area contributed by atoms with Crippen molar-refractivity contribution < 1.29 is 14.0 Å². The Kier molecular flexibility index (Phi) is 5.67. The molecule has 23 heavy (non-hydrogen) atoms. The Bertz CT molecular complexity index is 737. The van der Waals surface area contributed by atoms with Gasteiger partial charge in [-0.2, -0.15) is 0 Å². The predicted molar refractivity (Wildman–Crippen MR) is 88.1 cm³/mol. The number of carbonyl (C=O) groups is 2. The van der Waals surface area contributed by atoms with Crippen molar-refractivity contribution >= 4 is 34.8 Å². The SMILES string of the molecule is NCCC(=O)Nc1cc(Cl)ccc1NC(=O)c1ccccc1F. The first-order chi connectivity index (χ1) is 11.0. The van der Waals surface area contributed by atoms with Crippen molar-refractivity contribution in [1.29, 1.82) is 0 Å². The maximum Gasteiger partial charge on any atom is 0.258 e. The van der Waals surface area contributed by atoms with E-state index in [1.807, 2.05) is 0 Å². The van der Waals surface area contributed by atoms with E-state index < -0.39 is 11.7 Å². The first-order valence-electron chi connectivity index (χ1n) is 6.86. The van der Waals surface area contributed by atoms with Crippen LogP contribution in [0.4, 0.5) is 15.8 Å². The molecule has 0 spiro atoms. The summed E-state index contributed by atoms with van der Waals surface area (Å²) < 4.78 is 13.7. The van der Waals surface area contributed by atoms with E-state index >= 15 is 0 Å². The van der Waals surface area contributed by atoms with Gasteiger partial charge in [0.05, 0.1) is 16.9 Å². The molecule has 120 valence electrons. The van der Waals surface area contributed by atoms with Gasteiger partial charge in [0.15, 0.2) is 0 Å². The van der Waals surface area contributed by atoms with Crippen molar-refractivity contribution in [2.75, 3.05) is 17.2 Å². The van der Waals surface area contributed by atoms with Crippen LogP contribution in [0, 0.1) is 5.82 Å². The Morgan fingerprint density at radius 2 is 1.83 bits per heavy atom. The van der Waals surface area contributed by atoms with Crippen LogP contribution in [0.15, 0.2) is 42.5 Å². The van der Waals surface area contributed by atoms with Crippen LogP contribution in [-0.2, 0) is 4.79 Å². The van der Waals surface area contributed by atoms with E-state index in [2.05, 4.69) is 10.6 Å². The highest BCUT2D eigenvalue weighted by Crippen LogP contribution is 2.26. The monoisotopic (exact) mass is 335 g/mol. The highest BCUT2D eigenvalue weighted by molar-refractivity contribution is 6.31. The van der Waals surface area contributed by atoms with Crippen LogP contribution in [0.5, 0.6) is 0 Å². The summed E-state index contributed by atoms with van der Waals surface area (Å²) in [7, 11) is 0. The third kappa shape index (κ3) is 4.51. The van der Waals surface area contributed by atoms with Gasteiger partial charge in [0.25, 0.3) is 5.91 Å². The standard InChI is InChI=1S/C16H15ClFN3O2/c17-10-5-6-13(14(9-10)20-15(22)7-8-19)21-16(23)11-3-1-2-4-12(11)18/h1-6,9H,7-8,19H2,(H,20,22)(H,21,23). The quantitative estimate of drug-likeness (QED) is 0.785. The van der Waals surface area contributed by atoms with Crippen molar-refractivity contribution in [1.82, 2.24) is 0 Å². The predicted octanol–water partition coefficient (Wildman–Crippen LogP) is 3.02. The van der Waals surface area contributed by atoms with Gasteiger partial charge < -0.3 is 16.4 Å². The van der Waals surface area contributed by atoms with Crippen molar-refractivity contribution in [3.8, 4) is 0 Å². The summed E-state index contributed by atoms with van der Waals surface area (Å²) in [5.74, 6) is -1.57. The van der Waals surface area contributed by atoms with Crippen molar-refractivity contribution in [3.05, 3.63) is 58.9 Å². The molecule has 0 saturated heterocycles. The lowest BCUT2D eigenvalue weighted by Gasteiger charge is -2.13. The number of rotatable bonds is 5. The van der Waals surface area contributed by atoms with Gasteiger partial charge in [-0.05, 0) is 30.3 Å².